The van der Waals surface area contributed by atoms with Crippen molar-refractivity contribution in [2.45, 2.75) is 233 Å². The molecular weight excluding hydrogens is 1600 g/mol. The number of carbonyl (C=O) groups is 8. The highest BCUT2D eigenvalue weighted by molar-refractivity contribution is 5.89. The molecule has 0 aromatic carbocycles. The van der Waals surface area contributed by atoms with Crippen LogP contribution in [0.1, 0.15) is 200 Å². The summed E-state index contributed by atoms with van der Waals surface area (Å²) in [6, 6.07) is 0. The number of rotatable bonds is 22. The van der Waals surface area contributed by atoms with Crippen molar-refractivity contribution >= 4 is 59.9 Å². The van der Waals surface area contributed by atoms with Crippen LogP contribution in [0.2, 0.25) is 0 Å². The maximum atomic E-state index is 13.6. The predicted octanol–water partition coefficient (Wildman–Crippen LogP) is 15.3. The van der Waals surface area contributed by atoms with Crippen LogP contribution in [0.15, 0.2) is 225 Å². The molecule has 0 amide bonds. The number of carboxylic acids is 2. The lowest BCUT2D eigenvalue weighted by Gasteiger charge is -2.38. The number of cyclic esters (lactones) is 4. The Morgan fingerprint density at radius 1 is 0.403 bits per heavy atom. The first-order chi connectivity index (χ1) is 59.2. The fourth-order valence-electron chi connectivity index (χ4n) is 12.5. The molecule has 4 aliphatic heterocycles. The molecule has 0 aliphatic carbocycles. The molecule has 0 saturated carbocycles. The molecule has 8 heterocycles. The van der Waals surface area contributed by atoms with Crippen LogP contribution in [0, 0.1) is 21.7 Å². The lowest BCUT2D eigenvalue weighted by Crippen LogP contribution is -2.44. The summed E-state index contributed by atoms with van der Waals surface area (Å²) < 4.78 is 80.4. The van der Waals surface area contributed by atoms with Crippen molar-refractivity contribution in [1.29, 1.82) is 0 Å². The molecule has 0 spiro atoms. The number of aromatic nitrogens is 4. The van der Waals surface area contributed by atoms with Gasteiger partial charge in [-0.15, -0.1) is 0 Å². The zero-order valence-electron chi connectivity index (χ0n) is 72.5. The predicted molar refractivity (Wildman–Crippen MR) is 457 cm³/mol. The smallest absolute Gasteiger partial charge is 0.360 e. The molecule has 8 rings (SSSR count). The van der Waals surface area contributed by atoms with Gasteiger partial charge in [-0.1, -0.05) is 226 Å². The number of ether oxygens (including phenoxy) is 10. The average molecular weight is 1720 g/mol. The van der Waals surface area contributed by atoms with Crippen LogP contribution in [0.5, 0.6) is 0 Å². The second-order valence-electron chi connectivity index (χ2n) is 31.6. The highest BCUT2D eigenvalue weighted by atomic mass is 16.6. The van der Waals surface area contributed by atoms with Crippen LogP contribution in [0.3, 0.4) is 0 Å². The minimum atomic E-state index is -1.13. The number of aliphatic hydroxyl groups is 2. The molecule has 30 heteroatoms. The summed E-state index contributed by atoms with van der Waals surface area (Å²) in [5.74, 6) is -5.74. The number of hydrogen-bond donors (Lipinski definition) is 4. The fourth-order valence-corrected chi connectivity index (χ4v) is 12.5. The Morgan fingerprint density at radius 3 is 1.06 bits per heavy atom. The lowest BCUT2D eigenvalue weighted by molar-refractivity contribution is -0.158. The number of oxazole rings is 4. The second kappa shape index (κ2) is 48.9. The van der Waals surface area contributed by atoms with Crippen molar-refractivity contribution in [3.63, 3.8) is 0 Å². The molecule has 8 bridgehead atoms. The highest BCUT2D eigenvalue weighted by Crippen LogP contribution is 2.39. The van der Waals surface area contributed by atoms with E-state index in [-0.39, 0.29) is 122 Å². The quantitative estimate of drug-likeness (QED) is 0.0246. The van der Waals surface area contributed by atoms with E-state index in [2.05, 4.69) is 19.9 Å². The van der Waals surface area contributed by atoms with Crippen LogP contribution in [0.25, 0.3) is 12.2 Å². The third-order valence-corrected chi connectivity index (χ3v) is 20.8. The van der Waals surface area contributed by atoms with Gasteiger partial charge in [0.05, 0.1) is 62.9 Å². The molecule has 14 atom stereocenters. The largest absolute Gasteiger partial charge is 0.481 e. The third-order valence-electron chi connectivity index (χ3n) is 20.8. The SMILES string of the molecule is C/C=C/[C@H](OC(=O)CCC(=O)O)C(C)(C)[C@@H]1C/C=C\[C@H]2O[C@H]2/C=C/C=C\c2nc(co2)C(=O)O[C@H](C(C)(C)[C@@H](O)/C=C/C)C\C=C/C=C\C=C\[C@H](OC)Cc2nc(co2)C(=O)O1.C/C=C/[C@H](OC(=O)CCC(=O)O)C(C)(C)[C@@H]1C\C=C/C=C\C=C\[C@H](OC)Cc2nc(co2)C(=O)O[C@H](C(C)(C)[C@@H](O)/C=C/C)C/C=C\[C@H]2O[C@H]2/C=C/C=C\c2nc(co2)C(=O)O1. The Bertz CT molecular complexity index is 4700. The van der Waals surface area contributed by atoms with E-state index < -0.39 is 130 Å². The maximum Gasteiger partial charge on any atom is 0.360 e. The van der Waals surface area contributed by atoms with E-state index in [4.69, 9.17) is 75.3 Å². The van der Waals surface area contributed by atoms with Gasteiger partial charge in [0.25, 0.3) is 0 Å². The zero-order chi connectivity index (χ0) is 90.6. The van der Waals surface area contributed by atoms with Crippen molar-refractivity contribution in [1.82, 2.24) is 19.9 Å². The normalized spacial score (nSPS) is 26.2. The van der Waals surface area contributed by atoms with E-state index >= 15 is 0 Å². The van der Waals surface area contributed by atoms with Crippen molar-refractivity contribution < 1.29 is 124 Å². The molecular formula is C94H116N4O26. The first-order valence-electron chi connectivity index (χ1n) is 40.9. The van der Waals surface area contributed by atoms with Gasteiger partial charge in [-0.25, -0.2) is 39.1 Å². The van der Waals surface area contributed by atoms with Crippen molar-refractivity contribution in [3.05, 3.63) is 254 Å². The number of allylic oxidation sites excluding steroid dienone is 16. The monoisotopic (exact) mass is 1720 g/mol. The van der Waals surface area contributed by atoms with Gasteiger partial charge in [-0.2, -0.15) is 0 Å². The van der Waals surface area contributed by atoms with E-state index in [1.165, 1.54) is 39.3 Å². The summed E-state index contributed by atoms with van der Waals surface area (Å²) in [7, 11) is 3.07. The Balaban J connectivity index is 0.000000341. The topological polar surface area (TPSA) is 420 Å². The number of epoxide rings is 2. The second-order valence-corrected chi connectivity index (χ2v) is 31.6. The van der Waals surface area contributed by atoms with Crippen molar-refractivity contribution in [2.75, 3.05) is 14.2 Å². The summed E-state index contributed by atoms with van der Waals surface area (Å²) in [5.41, 5.74) is -3.91. The van der Waals surface area contributed by atoms with Gasteiger partial charge in [0.15, 0.2) is 34.6 Å². The molecule has 668 valence electrons. The Kier molecular flexibility index (Phi) is 39.2. The van der Waals surface area contributed by atoms with Gasteiger partial charge < -0.3 is 85.5 Å². The van der Waals surface area contributed by atoms with E-state index in [0.29, 0.717) is 12.8 Å². The fraction of sp³-hybridized carbons (Fsp3) is 0.447. The molecule has 2 fully saturated rings. The summed E-state index contributed by atoms with van der Waals surface area (Å²) in [6.07, 6.45) is 52.3. The van der Waals surface area contributed by atoms with Crippen molar-refractivity contribution in [3.8, 4) is 0 Å². The van der Waals surface area contributed by atoms with Crippen molar-refractivity contribution in [2.24, 2.45) is 21.7 Å². The van der Waals surface area contributed by atoms with Crippen LogP contribution in [-0.4, -0.2) is 188 Å². The minimum absolute atomic E-state index is 0.0147. The van der Waals surface area contributed by atoms with E-state index in [0.717, 1.165) is 0 Å². The van der Waals surface area contributed by atoms with E-state index in [1.54, 1.807) is 207 Å². The molecule has 4 aliphatic rings. The molecule has 4 aromatic heterocycles. The first kappa shape index (κ1) is 99.3. The molecule has 124 heavy (non-hydrogen) atoms. The number of nitrogens with zero attached hydrogens (tertiary/aromatic N) is 4. The Labute approximate surface area is 722 Å². The van der Waals surface area contributed by atoms with Gasteiger partial charge in [0.2, 0.25) is 11.8 Å². The lowest BCUT2D eigenvalue weighted by atomic mass is 9.78. The summed E-state index contributed by atoms with van der Waals surface area (Å²) in [5, 5.41) is 40.0. The summed E-state index contributed by atoms with van der Waals surface area (Å²) in [6.45, 7) is 21.5. The van der Waals surface area contributed by atoms with Crippen LogP contribution >= 0.6 is 0 Å². The minimum Gasteiger partial charge on any atom is -0.481 e. The van der Waals surface area contributed by atoms with E-state index in [1.807, 2.05) is 70.2 Å². The van der Waals surface area contributed by atoms with Crippen LogP contribution in [-0.2, 0) is 79.4 Å². The molecule has 2 saturated heterocycles. The number of fused-ring (bicyclic) bond motifs is 10. The number of carbonyl (C=O) groups excluding carboxylic acids is 6. The van der Waals surface area contributed by atoms with E-state index in [9.17, 15) is 48.6 Å². The summed E-state index contributed by atoms with van der Waals surface area (Å²) in [4.78, 5) is 119. The number of carboxylic acid groups (broad SMARTS) is 2. The van der Waals surface area contributed by atoms with Gasteiger partial charge in [-0.05, 0) is 39.8 Å². The Hall–Kier alpha value is -11.8. The molecule has 30 nitrogen and oxygen atoms in total. The van der Waals surface area contributed by atoms with Gasteiger partial charge >= 0.3 is 47.8 Å². The van der Waals surface area contributed by atoms with Crippen LogP contribution in [0.4, 0.5) is 0 Å². The Morgan fingerprint density at radius 2 is 0.718 bits per heavy atom. The molecule has 0 radical (unpaired) electrons. The molecule has 0 unspecified atom stereocenters. The number of aliphatic hydroxyl groups excluding tert-OH is 2. The zero-order valence-corrected chi connectivity index (χ0v) is 72.5. The summed E-state index contributed by atoms with van der Waals surface area (Å²) >= 11 is 0. The van der Waals surface area contributed by atoms with Gasteiger partial charge in [0, 0.05) is 73.7 Å². The number of aliphatic carboxylic acids is 2. The number of methoxy groups -OCH3 is 2. The number of hydrogen-bond acceptors (Lipinski definition) is 28. The van der Waals surface area contributed by atoms with Gasteiger partial charge in [-0.3, -0.25) is 19.2 Å². The third kappa shape index (κ3) is 31.5. The average Bonchev–Trinajstić information content (AvgIpc) is 1.08. The number of esters is 6. The first-order valence-corrected chi connectivity index (χ1v) is 40.9. The maximum absolute atomic E-state index is 13.6. The standard InChI is InChI=1S/2C47H58N2O13/c1-8-18-36(50)46(3,4)38-24-17-22-35-34(59-35)21-15-16-25-40-48-32(29-57-40)44(54)62-39(47(5,6)37(19-9-2)60-43(53)27-26-42(51)52)23-14-12-10-11-13-20-31(56-7)28-41-49-33(30-58-41)45(55)61-38;1-8-18-36(50)46(3,4)38-23-14-12-10-11-13-20-31(56-7)28-41-49-33(30-58-41)45(55)62-39(47(5,6)37(19-9-2)60-43(53)27-26-42(51)52)24-17-22-35-34(59-35)21-15-16-25-40-48-32(29-57-40)44(54)61-38/h2*8-22,25,29-31,34-39,50H,23-24,26-28H2,1-7H3,(H,51,52)/b2*11-10-,14-12-,18-8+,19-9+,20-13+,21-15+,22-17-,25-16-/t2*31-,34-,35+,36-,37-,38-,39-/m00/s1. The van der Waals surface area contributed by atoms with Gasteiger partial charge in [0.1, 0.15) is 86.1 Å². The highest BCUT2D eigenvalue weighted by Gasteiger charge is 2.45. The molecule has 4 N–H and O–H groups in total. The molecule has 4 aromatic rings. The van der Waals surface area contributed by atoms with Crippen LogP contribution < -0.4 is 0 Å².